The number of benzene rings is 3. The number of amides is 1. The molecule has 1 aliphatic rings. The molecule has 0 unspecified atom stereocenters. The number of nitrogens with one attached hydrogen (secondary N) is 1. The van der Waals surface area contributed by atoms with Crippen molar-refractivity contribution in [3.63, 3.8) is 0 Å². The lowest BCUT2D eigenvalue weighted by molar-refractivity contribution is -0.122. The first kappa shape index (κ1) is 19.9. The summed E-state index contributed by atoms with van der Waals surface area (Å²) in [5.41, 5.74) is 8.12. The average Bonchev–Trinajstić information content (AvgIpc) is 3.51. The maximum atomic E-state index is 13.0. The van der Waals surface area contributed by atoms with Crippen LogP contribution < -0.4 is 10.2 Å². The summed E-state index contributed by atoms with van der Waals surface area (Å²) in [6.07, 6.45) is 2.44. The highest BCUT2D eigenvalue weighted by molar-refractivity contribution is 5.87. The zero-order valence-electron chi connectivity index (χ0n) is 17.6. The van der Waals surface area contributed by atoms with Gasteiger partial charge in [-0.3, -0.25) is 4.79 Å². The molecular formula is C26H26N2O2. The molecule has 1 fully saturated rings. The van der Waals surface area contributed by atoms with Crippen LogP contribution in [0.3, 0.4) is 0 Å². The quantitative estimate of drug-likeness (QED) is 0.480. The Bertz CT molecular complexity index is 1040. The highest BCUT2D eigenvalue weighted by Gasteiger charge is 2.60. The highest BCUT2D eigenvalue weighted by Crippen LogP contribution is 2.59. The number of hydrazone groups is 1. The van der Waals surface area contributed by atoms with E-state index in [-0.39, 0.29) is 17.2 Å². The number of methoxy groups -OCH3 is 1. The van der Waals surface area contributed by atoms with Gasteiger partial charge in [0, 0.05) is 5.41 Å². The van der Waals surface area contributed by atoms with Crippen molar-refractivity contribution in [1.29, 1.82) is 0 Å². The lowest BCUT2D eigenvalue weighted by atomic mass is 9.84. The number of carbonyl (C=O) groups excluding carboxylic acids is 1. The maximum Gasteiger partial charge on any atom is 0.244 e. The predicted molar refractivity (Wildman–Crippen MR) is 120 cm³/mol. The number of hydrogen-bond acceptors (Lipinski definition) is 3. The lowest BCUT2D eigenvalue weighted by Gasteiger charge is -2.19. The number of nitrogens with zero attached hydrogens (tertiary/aromatic N) is 1. The van der Waals surface area contributed by atoms with E-state index in [9.17, 15) is 4.79 Å². The first-order valence-electron chi connectivity index (χ1n) is 10.1. The molecule has 1 saturated carbocycles. The third kappa shape index (κ3) is 3.86. The second-order valence-corrected chi connectivity index (χ2v) is 7.97. The average molecular weight is 399 g/mol. The van der Waals surface area contributed by atoms with Gasteiger partial charge in [0.1, 0.15) is 5.75 Å². The molecule has 4 rings (SSSR count). The molecule has 0 aliphatic heterocycles. The monoisotopic (exact) mass is 398 g/mol. The molecule has 0 spiro atoms. The molecule has 1 aliphatic carbocycles. The third-order valence-electron chi connectivity index (χ3n) is 5.85. The first-order chi connectivity index (χ1) is 14.5. The zero-order chi connectivity index (χ0) is 21.1. The molecular weight excluding hydrogens is 372 g/mol. The van der Waals surface area contributed by atoms with Crippen LogP contribution in [0.25, 0.3) is 0 Å². The SMILES string of the molecule is COc1ccc(/C=N\NC(=O)[C@H]2CC2(c2cccc(C)c2)c2cccc(C)c2)cc1. The third-order valence-corrected chi connectivity index (χ3v) is 5.85. The van der Waals surface area contributed by atoms with Gasteiger partial charge in [-0.05, 0) is 61.2 Å². The highest BCUT2D eigenvalue weighted by atomic mass is 16.5. The molecule has 0 heterocycles. The number of hydrogen-bond donors (Lipinski definition) is 1. The van der Waals surface area contributed by atoms with Gasteiger partial charge in [0.15, 0.2) is 0 Å². The van der Waals surface area contributed by atoms with Crippen LogP contribution in [0.5, 0.6) is 5.75 Å². The molecule has 0 saturated heterocycles. The van der Waals surface area contributed by atoms with Crippen LogP contribution in [-0.4, -0.2) is 19.2 Å². The van der Waals surface area contributed by atoms with Gasteiger partial charge in [-0.25, -0.2) is 5.43 Å². The summed E-state index contributed by atoms with van der Waals surface area (Å²) in [6, 6.07) is 24.5. The van der Waals surface area contributed by atoms with Gasteiger partial charge < -0.3 is 4.74 Å². The molecule has 0 aromatic heterocycles. The van der Waals surface area contributed by atoms with Gasteiger partial charge in [-0.2, -0.15) is 5.10 Å². The molecule has 0 bridgehead atoms. The van der Waals surface area contributed by atoms with E-state index < -0.39 is 0 Å². The fraction of sp³-hybridized carbons (Fsp3) is 0.231. The standard InChI is InChI=1S/C26H26N2O2/c1-18-6-4-8-21(14-18)26(22-9-5-7-19(2)15-22)16-24(26)25(29)28-27-17-20-10-12-23(30-3)13-11-20/h4-15,17,24H,16H2,1-3H3,(H,28,29)/b27-17-/t24-/m1/s1. The Morgan fingerprint density at radius 1 is 1.00 bits per heavy atom. The zero-order valence-corrected chi connectivity index (χ0v) is 17.6. The van der Waals surface area contributed by atoms with Crippen molar-refractivity contribution < 1.29 is 9.53 Å². The molecule has 152 valence electrons. The van der Waals surface area contributed by atoms with Gasteiger partial charge in [0.2, 0.25) is 5.91 Å². The van der Waals surface area contributed by atoms with Gasteiger partial charge in [-0.15, -0.1) is 0 Å². The van der Waals surface area contributed by atoms with Crippen LogP contribution in [0.15, 0.2) is 77.9 Å². The first-order valence-corrected chi connectivity index (χ1v) is 10.1. The van der Waals surface area contributed by atoms with Gasteiger partial charge >= 0.3 is 0 Å². The van der Waals surface area contributed by atoms with Crippen molar-refractivity contribution >= 4 is 12.1 Å². The minimum absolute atomic E-state index is 0.0530. The van der Waals surface area contributed by atoms with E-state index >= 15 is 0 Å². The van der Waals surface area contributed by atoms with E-state index in [1.807, 2.05) is 24.3 Å². The van der Waals surface area contributed by atoms with Crippen LogP contribution in [-0.2, 0) is 10.2 Å². The van der Waals surface area contributed by atoms with Gasteiger partial charge in [-0.1, -0.05) is 59.7 Å². The van der Waals surface area contributed by atoms with Crippen LogP contribution in [0, 0.1) is 19.8 Å². The van der Waals surface area contributed by atoms with Crippen LogP contribution in [0.1, 0.15) is 34.2 Å². The fourth-order valence-corrected chi connectivity index (χ4v) is 4.17. The second kappa shape index (κ2) is 8.15. The normalized spacial score (nSPS) is 17.0. The fourth-order valence-electron chi connectivity index (χ4n) is 4.17. The summed E-state index contributed by atoms with van der Waals surface area (Å²) in [4.78, 5) is 13.0. The van der Waals surface area contributed by atoms with E-state index in [1.54, 1.807) is 13.3 Å². The number of aryl methyl sites for hydroxylation is 2. The number of carbonyl (C=O) groups is 1. The van der Waals surface area contributed by atoms with Crippen molar-refractivity contribution in [2.75, 3.05) is 7.11 Å². The van der Waals surface area contributed by atoms with E-state index in [1.165, 1.54) is 22.3 Å². The van der Waals surface area contributed by atoms with E-state index in [0.29, 0.717) is 0 Å². The van der Waals surface area contributed by atoms with Crippen LogP contribution in [0.2, 0.25) is 0 Å². The summed E-state index contributed by atoms with van der Waals surface area (Å²) >= 11 is 0. The molecule has 1 amide bonds. The molecule has 0 radical (unpaired) electrons. The summed E-state index contributed by atoms with van der Waals surface area (Å²) < 4.78 is 5.16. The van der Waals surface area contributed by atoms with Gasteiger partial charge in [0.05, 0.1) is 19.2 Å². The van der Waals surface area contributed by atoms with Crippen LogP contribution >= 0.6 is 0 Å². The van der Waals surface area contributed by atoms with Gasteiger partial charge in [0.25, 0.3) is 0 Å². The Morgan fingerprint density at radius 3 is 2.13 bits per heavy atom. The molecule has 3 aromatic rings. The number of ether oxygens (including phenoxy) is 1. The lowest BCUT2D eigenvalue weighted by Crippen LogP contribution is -2.25. The Kier molecular flexibility index (Phi) is 5.40. The molecule has 3 aromatic carbocycles. The number of rotatable bonds is 6. The van der Waals surface area contributed by atoms with Crippen molar-refractivity contribution in [3.8, 4) is 5.75 Å². The molecule has 4 heteroatoms. The Labute approximate surface area is 177 Å². The minimum atomic E-state index is -0.294. The molecule has 30 heavy (non-hydrogen) atoms. The Hall–Kier alpha value is -3.40. The molecule has 4 nitrogen and oxygen atoms in total. The molecule has 1 atom stereocenters. The Morgan fingerprint density at radius 2 is 1.60 bits per heavy atom. The van der Waals surface area contributed by atoms with E-state index in [0.717, 1.165) is 17.7 Å². The van der Waals surface area contributed by atoms with Crippen molar-refractivity contribution in [1.82, 2.24) is 5.43 Å². The summed E-state index contributed by atoms with van der Waals surface area (Å²) in [6.45, 7) is 4.17. The topological polar surface area (TPSA) is 50.7 Å². The van der Waals surface area contributed by atoms with Crippen molar-refractivity contribution in [3.05, 3.63) is 101 Å². The second-order valence-electron chi connectivity index (χ2n) is 7.97. The Balaban J connectivity index is 1.55. The van der Waals surface area contributed by atoms with Crippen LogP contribution in [0.4, 0.5) is 0 Å². The van der Waals surface area contributed by atoms with E-state index in [2.05, 4.69) is 72.9 Å². The summed E-state index contributed by atoms with van der Waals surface area (Å²) in [5, 5.41) is 4.18. The largest absolute Gasteiger partial charge is 0.497 e. The summed E-state index contributed by atoms with van der Waals surface area (Å²) in [5.74, 6) is 0.590. The van der Waals surface area contributed by atoms with Crippen molar-refractivity contribution in [2.24, 2.45) is 11.0 Å². The smallest absolute Gasteiger partial charge is 0.244 e. The summed E-state index contributed by atoms with van der Waals surface area (Å²) in [7, 11) is 1.63. The maximum absolute atomic E-state index is 13.0. The molecule has 1 N–H and O–H groups in total. The van der Waals surface area contributed by atoms with E-state index in [4.69, 9.17) is 4.74 Å². The van der Waals surface area contributed by atoms with Crippen molar-refractivity contribution in [2.45, 2.75) is 25.7 Å². The predicted octanol–water partition coefficient (Wildman–Crippen LogP) is 4.77. The minimum Gasteiger partial charge on any atom is -0.497 e.